The molecule has 1 heterocycles. The first kappa shape index (κ1) is 15.9. The van der Waals surface area contributed by atoms with Crippen LogP contribution in [0.4, 0.5) is 0 Å². The van der Waals surface area contributed by atoms with E-state index < -0.39 is 0 Å². The Kier molecular flexibility index (Phi) is 6.81. The summed E-state index contributed by atoms with van der Waals surface area (Å²) in [6.45, 7) is 8.84. The standard InChI is InChI=1S/C15H27N3O/c1-6-14-9-13(11-16-12(2)3)10-15(17-14)19-8-7-18(4)5/h9-10,12,16H,6-8,11H2,1-5H3. The van der Waals surface area contributed by atoms with Crippen LogP contribution in [-0.2, 0) is 13.0 Å². The number of hydrogen-bond donors (Lipinski definition) is 1. The summed E-state index contributed by atoms with van der Waals surface area (Å²) in [5.41, 5.74) is 2.32. The lowest BCUT2D eigenvalue weighted by Gasteiger charge is -2.13. The molecule has 4 heteroatoms. The van der Waals surface area contributed by atoms with E-state index in [9.17, 15) is 0 Å². The van der Waals surface area contributed by atoms with E-state index in [0.29, 0.717) is 12.6 Å². The summed E-state index contributed by atoms with van der Waals surface area (Å²) in [6.07, 6.45) is 0.930. The van der Waals surface area contributed by atoms with Crippen molar-refractivity contribution in [2.24, 2.45) is 0 Å². The lowest BCUT2D eigenvalue weighted by Crippen LogP contribution is -2.22. The monoisotopic (exact) mass is 265 g/mol. The van der Waals surface area contributed by atoms with Crippen LogP contribution in [-0.4, -0.2) is 43.2 Å². The van der Waals surface area contributed by atoms with Crippen LogP contribution >= 0.6 is 0 Å². The van der Waals surface area contributed by atoms with Gasteiger partial charge in [-0.15, -0.1) is 0 Å². The van der Waals surface area contributed by atoms with Gasteiger partial charge in [-0.2, -0.15) is 0 Å². The molecule has 1 N–H and O–H groups in total. The highest BCUT2D eigenvalue weighted by Crippen LogP contribution is 2.13. The van der Waals surface area contributed by atoms with Crippen molar-refractivity contribution >= 4 is 0 Å². The van der Waals surface area contributed by atoms with E-state index in [1.54, 1.807) is 0 Å². The minimum atomic E-state index is 0.483. The number of rotatable bonds is 8. The van der Waals surface area contributed by atoms with Crippen molar-refractivity contribution < 1.29 is 4.74 Å². The number of aromatic nitrogens is 1. The van der Waals surface area contributed by atoms with Gasteiger partial charge in [-0.05, 0) is 32.1 Å². The van der Waals surface area contributed by atoms with Crippen LogP contribution in [0.25, 0.3) is 0 Å². The largest absolute Gasteiger partial charge is 0.476 e. The summed E-state index contributed by atoms with van der Waals surface area (Å²) >= 11 is 0. The number of aryl methyl sites for hydroxylation is 1. The van der Waals surface area contributed by atoms with Gasteiger partial charge in [0.05, 0.1) is 0 Å². The van der Waals surface area contributed by atoms with Crippen molar-refractivity contribution in [1.82, 2.24) is 15.2 Å². The Balaban J connectivity index is 2.66. The number of nitrogens with one attached hydrogen (secondary N) is 1. The van der Waals surface area contributed by atoms with E-state index in [0.717, 1.165) is 31.1 Å². The fourth-order valence-electron chi connectivity index (χ4n) is 1.63. The van der Waals surface area contributed by atoms with Gasteiger partial charge in [0.2, 0.25) is 5.88 Å². The fourth-order valence-corrected chi connectivity index (χ4v) is 1.63. The van der Waals surface area contributed by atoms with Crippen LogP contribution in [0.15, 0.2) is 12.1 Å². The maximum Gasteiger partial charge on any atom is 0.213 e. The molecule has 0 aliphatic heterocycles. The molecule has 0 saturated heterocycles. The number of nitrogens with zero attached hydrogens (tertiary/aromatic N) is 2. The molecule has 108 valence electrons. The van der Waals surface area contributed by atoms with Crippen molar-refractivity contribution in [3.8, 4) is 5.88 Å². The SMILES string of the molecule is CCc1cc(CNC(C)C)cc(OCCN(C)C)n1. The van der Waals surface area contributed by atoms with E-state index >= 15 is 0 Å². The van der Waals surface area contributed by atoms with Crippen molar-refractivity contribution in [2.45, 2.75) is 39.8 Å². The predicted octanol–water partition coefficient (Wildman–Crippen LogP) is 2.08. The minimum Gasteiger partial charge on any atom is -0.476 e. The van der Waals surface area contributed by atoms with Gasteiger partial charge in [0.25, 0.3) is 0 Å². The summed E-state index contributed by atoms with van der Waals surface area (Å²) in [7, 11) is 4.08. The summed E-state index contributed by atoms with van der Waals surface area (Å²) in [5, 5.41) is 3.42. The molecule has 0 aliphatic carbocycles. The molecular formula is C15H27N3O. The molecule has 0 bridgehead atoms. The molecule has 1 aromatic rings. The van der Waals surface area contributed by atoms with Crippen LogP contribution < -0.4 is 10.1 Å². The first-order valence-corrected chi connectivity index (χ1v) is 7.02. The molecule has 0 aromatic carbocycles. The molecule has 0 spiro atoms. The average molecular weight is 265 g/mol. The molecule has 0 fully saturated rings. The van der Waals surface area contributed by atoms with E-state index in [2.05, 4.69) is 42.0 Å². The molecule has 4 nitrogen and oxygen atoms in total. The van der Waals surface area contributed by atoms with Gasteiger partial charge in [-0.1, -0.05) is 20.8 Å². The molecule has 19 heavy (non-hydrogen) atoms. The van der Waals surface area contributed by atoms with Gasteiger partial charge >= 0.3 is 0 Å². The first-order chi connectivity index (χ1) is 9.01. The molecule has 0 amide bonds. The summed E-state index contributed by atoms with van der Waals surface area (Å²) in [5.74, 6) is 0.738. The Labute approximate surface area is 117 Å². The summed E-state index contributed by atoms with van der Waals surface area (Å²) in [4.78, 5) is 6.61. The predicted molar refractivity (Wildman–Crippen MR) is 79.6 cm³/mol. The zero-order chi connectivity index (χ0) is 14.3. The van der Waals surface area contributed by atoms with Crippen LogP contribution in [0, 0.1) is 0 Å². The van der Waals surface area contributed by atoms with Crippen LogP contribution in [0.5, 0.6) is 5.88 Å². The van der Waals surface area contributed by atoms with Crippen LogP contribution in [0.2, 0.25) is 0 Å². The zero-order valence-corrected chi connectivity index (χ0v) is 12.9. The second kappa shape index (κ2) is 8.12. The molecular weight excluding hydrogens is 238 g/mol. The highest BCUT2D eigenvalue weighted by atomic mass is 16.5. The third kappa shape index (κ3) is 6.55. The molecule has 0 radical (unpaired) electrons. The molecule has 1 rings (SSSR count). The second-order valence-electron chi connectivity index (χ2n) is 5.35. The average Bonchev–Trinajstić information content (AvgIpc) is 2.35. The molecule has 0 unspecified atom stereocenters. The number of pyridine rings is 1. The van der Waals surface area contributed by atoms with Gasteiger partial charge in [-0.3, -0.25) is 0 Å². The van der Waals surface area contributed by atoms with Gasteiger partial charge < -0.3 is 15.0 Å². The Morgan fingerprint density at radius 3 is 2.63 bits per heavy atom. The Morgan fingerprint density at radius 1 is 1.32 bits per heavy atom. The van der Waals surface area contributed by atoms with Crippen LogP contribution in [0.1, 0.15) is 32.0 Å². The summed E-state index contributed by atoms with van der Waals surface area (Å²) in [6, 6.07) is 4.66. The first-order valence-electron chi connectivity index (χ1n) is 7.02. The third-order valence-corrected chi connectivity index (χ3v) is 2.78. The maximum absolute atomic E-state index is 5.73. The van der Waals surface area contributed by atoms with Crippen molar-refractivity contribution in [3.05, 3.63) is 23.4 Å². The molecule has 0 saturated carbocycles. The number of likely N-dealkylation sites (N-methyl/N-ethyl adjacent to an activating group) is 1. The van der Waals surface area contributed by atoms with Crippen molar-refractivity contribution in [2.75, 3.05) is 27.2 Å². The highest BCUT2D eigenvalue weighted by molar-refractivity contribution is 5.25. The Bertz CT molecular complexity index is 378. The number of ether oxygens (including phenoxy) is 1. The highest BCUT2D eigenvalue weighted by Gasteiger charge is 2.04. The van der Waals surface area contributed by atoms with E-state index in [-0.39, 0.29) is 0 Å². The zero-order valence-electron chi connectivity index (χ0n) is 12.9. The van der Waals surface area contributed by atoms with Crippen LogP contribution in [0.3, 0.4) is 0 Å². The van der Waals surface area contributed by atoms with E-state index in [1.807, 2.05) is 20.2 Å². The smallest absolute Gasteiger partial charge is 0.213 e. The third-order valence-electron chi connectivity index (χ3n) is 2.78. The fraction of sp³-hybridized carbons (Fsp3) is 0.667. The van der Waals surface area contributed by atoms with Crippen molar-refractivity contribution in [1.29, 1.82) is 0 Å². The molecule has 0 atom stereocenters. The number of hydrogen-bond acceptors (Lipinski definition) is 4. The Hall–Kier alpha value is -1.13. The Morgan fingerprint density at radius 2 is 2.05 bits per heavy atom. The van der Waals surface area contributed by atoms with Gasteiger partial charge in [0, 0.05) is 30.9 Å². The minimum absolute atomic E-state index is 0.483. The molecule has 0 aliphatic rings. The second-order valence-corrected chi connectivity index (χ2v) is 5.35. The topological polar surface area (TPSA) is 37.4 Å². The van der Waals surface area contributed by atoms with Crippen molar-refractivity contribution in [3.63, 3.8) is 0 Å². The van der Waals surface area contributed by atoms with Gasteiger partial charge in [-0.25, -0.2) is 4.98 Å². The lowest BCUT2D eigenvalue weighted by molar-refractivity contribution is 0.253. The summed E-state index contributed by atoms with van der Waals surface area (Å²) < 4.78 is 5.73. The van der Waals surface area contributed by atoms with E-state index in [1.165, 1.54) is 5.56 Å². The molecule has 1 aromatic heterocycles. The van der Waals surface area contributed by atoms with E-state index in [4.69, 9.17) is 4.74 Å². The quantitative estimate of drug-likeness (QED) is 0.781. The maximum atomic E-state index is 5.73. The van der Waals surface area contributed by atoms with Gasteiger partial charge in [0.15, 0.2) is 0 Å². The lowest BCUT2D eigenvalue weighted by atomic mass is 10.2. The normalized spacial score (nSPS) is 11.3. The van der Waals surface area contributed by atoms with Gasteiger partial charge in [0.1, 0.15) is 6.61 Å².